The maximum absolute atomic E-state index is 4.19. The maximum atomic E-state index is 4.19. The molecule has 0 spiro atoms. The summed E-state index contributed by atoms with van der Waals surface area (Å²) in [4.78, 5) is 2.55. The smallest absolute Gasteiger partial charge is 0.165 e. The van der Waals surface area contributed by atoms with Gasteiger partial charge in [-0.2, -0.15) is 0 Å². The summed E-state index contributed by atoms with van der Waals surface area (Å²) in [5, 5.41) is 15.3. The Bertz CT molecular complexity index is 364. The number of piperidine rings is 1. The molecule has 2 rings (SSSR count). The molecule has 1 aliphatic heterocycles. The zero-order valence-electron chi connectivity index (χ0n) is 12.2. The molecule has 1 unspecified atom stereocenters. The number of aromatic nitrogens is 4. The zero-order valence-corrected chi connectivity index (χ0v) is 12.2. The number of likely N-dealkylation sites (tertiary alicyclic amines) is 1. The van der Waals surface area contributed by atoms with Crippen LogP contribution in [0.15, 0.2) is 0 Å². The lowest BCUT2D eigenvalue weighted by molar-refractivity contribution is 0.127. The number of aryl methyl sites for hydroxylation is 1. The van der Waals surface area contributed by atoms with Crippen molar-refractivity contribution in [1.82, 2.24) is 30.4 Å². The predicted molar refractivity (Wildman–Crippen MR) is 74.7 cm³/mol. The molecule has 6 heteroatoms. The van der Waals surface area contributed by atoms with Crippen LogP contribution in [0.4, 0.5) is 0 Å². The van der Waals surface area contributed by atoms with Gasteiger partial charge >= 0.3 is 0 Å². The second kappa shape index (κ2) is 7.55. The summed E-state index contributed by atoms with van der Waals surface area (Å²) in [7, 11) is 2.02. The maximum Gasteiger partial charge on any atom is 0.165 e. The van der Waals surface area contributed by atoms with E-state index in [0.29, 0.717) is 6.04 Å². The Kier molecular flexibility index (Phi) is 5.72. The fourth-order valence-corrected chi connectivity index (χ4v) is 2.81. The summed E-state index contributed by atoms with van der Waals surface area (Å²) >= 11 is 0. The van der Waals surface area contributed by atoms with E-state index in [1.165, 1.54) is 32.2 Å². The van der Waals surface area contributed by atoms with E-state index in [0.717, 1.165) is 31.9 Å². The van der Waals surface area contributed by atoms with Crippen molar-refractivity contribution in [2.45, 2.75) is 58.2 Å². The van der Waals surface area contributed by atoms with Gasteiger partial charge in [0, 0.05) is 12.6 Å². The Labute approximate surface area is 115 Å². The van der Waals surface area contributed by atoms with E-state index in [2.05, 4.69) is 32.7 Å². The summed E-state index contributed by atoms with van der Waals surface area (Å²) in [5.74, 6) is 1.01. The lowest BCUT2D eigenvalue weighted by atomic mass is 9.99. The van der Waals surface area contributed by atoms with Crippen LogP contribution in [0.3, 0.4) is 0 Å². The van der Waals surface area contributed by atoms with Crippen molar-refractivity contribution in [3.05, 3.63) is 5.82 Å². The summed E-state index contributed by atoms with van der Waals surface area (Å²) in [5.41, 5.74) is 0. The molecular weight excluding hydrogens is 240 g/mol. The number of tetrazole rings is 1. The number of rotatable bonds is 7. The van der Waals surface area contributed by atoms with E-state index in [4.69, 9.17) is 0 Å². The Balaban J connectivity index is 1.96. The average Bonchev–Trinajstić information content (AvgIpc) is 2.86. The van der Waals surface area contributed by atoms with Crippen molar-refractivity contribution < 1.29 is 0 Å². The van der Waals surface area contributed by atoms with Crippen molar-refractivity contribution in [3.63, 3.8) is 0 Å². The molecule has 1 N–H and O–H groups in total. The first-order valence-corrected chi connectivity index (χ1v) is 7.48. The molecule has 0 bridgehead atoms. The molecule has 6 nitrogen and oxygen atoms in total. The van der Waals surface area contributed by atoms with Crippen molar-refractivity contribution >= 4 is 0 Å². The number of hydrogen-bond acceptors (Lipinski definition) is 5. The van der Waals surface area contributed by atoms with E-state index in [-0.39, 0.29) is 0 Å². The predicted octanol–water partition coefficient (Wildman–Crippen LogP) is 1.05. The Morgan fingerprint density at radius 1 is 1.37 bits per heavy atom. The van der Waals surface area contributed by atoms with Crippen molar-refractivity contribution in [1.29, 1.82) is 0 Å². The fraction of sp³-hybridized carbons (Fsp3) is 0.923. The number of nitrogens with one attached hydrogen (secondary N) is 1. The van der Waals surface area contributed by atoms with Gasteiger partial charge in [-0.15, -0.1) is 5.10 Å². The normalized spacial score (nSPS) is 20.8. The SMILES string of the molecule is CCCn1nnnc1CN1CCCCC1CCNC. The third-order valence-corrected chi connectivity index (χ3v) is 3.86. The van der Waals surface area contributed by atoms with Gasteiger partial charge < -0.3 is 5.32 Å². The van der Waals surface area contributed by atoms with E-state index in [1.807, 2.05) is 11.7 Å². The van der Waals surface area contributed by atoms with Crippen molar-refractivity contribution in [2.24, 2.45) is 0 Å². The third kappa shape index (κ3) is 3.98. The zero-order chi connectivity index (χ0) is 13.5. The van der Waals surface area contributed by atoms with Gasteiger partial charge in [-0.1, -0.05) is 13.3 Å². The summed E-state index contributed by atoms with van der Waals surface area (Å²) in [6.07, 6.45) is 6.24. The van der Waals surface area contributed by atoms with Gasteiger partial charge in [-0.05, 0) is 56.2 Å². The summed E-state index contributed by atoms with van der Waals surface area (Å²) < 4.78 is 1.95. The van der Waals surface area contributed by atoms with Crippen LogP contribution in [-0.2, 0) is 13.1 Å². The second-order valence-corrected chi connectivity index (χ2v) is 5.33. The highest BCUT2D eigenvalue weighted by Crippen LogP contribution is 2.21. The van der Waals surface area contributed by atoms with Gasteiger partial charge in [0.15, 0.2) is 5.82 Å². The minimum Gasteiger partial charge on any atom is -0.320 e. The van der Waals surface area contributed by atoms with E-state index in [9.17, 15) is 0 Å². The molecule has 0 aliphatic carbocycles. The molecule has 19 heavy (non-hydrogen) atoms. The molecule has 1 fully saturated rings. The minimum absolute atomic E-state index is 0.674. The Morgan fingerprint density at radius 2 is 2.26 bits per heavy atom. The molecule has 0 radical (unpaired) electrons. The minimum atomic E-state index is 0.674. The standard InChI is InChI=1S/C13H26N6/c1-3-9-19-13(15-16-17-19)11-18-10-5-4-6-12(18)7-8-14-2/h12,14H,3-11H2,1-2H3. The first-order valence-electron chi connectivity index (χ1n) is 7.48. The van der Waals surface area contributed by atoms with Gasteiger partial charge in [0.2, 0.25) is 0 Å². The molecule has 1 aromatic rings. The molecule has 1 aliphatic rings. The Morgan fingerprint density at radius 3 is 3.05 bits per heavy atom. The molecule has 1 saturated heterocycles. The summed E-state index contributed by atoms with van der Waals surface area (Å²) in [6, 6.07) is 0.674. The number of hydrogen-bond donors (Lipinski definition) is 1. The Hall–Kier alpha value is -1.01. The van der Waals surface area contributed by atoms with Crippen LogP contribution in [0, 0.1) is 0 Å². The van der Waals surface area contributed by atoms with Gasteiger partial charge in [-0.25, -0.2) is 4.68 Å². The molecule has 1 aromatic heterocycles. The molecule has 1 atom stereocenters. The number of nitrogens with zero attached hydrogens (tertiary/aromatic N) is 5. The highest BCUT2D eigenvalue weighted by Gasteiger charge is 2.23. The largest absolute Gasteiger partial charge is 0.320 e. The van der Waals surface area contributed by atoms with Crippen molar-refractivity contribution in [3.8, 4) is 0 Å². The molecular formula is C13H26N6. The van der Waals surface area contributed by atoms with E-state index >= 15 is 0 Å². The van der Waals surface area contributed by atoms with E-state index in [1.54, 1.807) is 0 Å². The topological polar surface area (TPSA) is 58.9 Å². The molecule has 0 aromatic carbocycles. The van der Waals surface area contributed by atoms with Crippen LogP contribution in [0.25, 0.3) is 0 Å². The lowest BCUT2D eigenvalue weighted by Crippen LogP contribution is -2.41. The lowest BCUT2D eigenvalue weighted by Gasteiger charge is -2.35. The first-order chi connectivity index (χ1) is 9.35. The fourth-order valence-electron chi connectivity index (χ4n) is 2.81. The van der Waals surface area contributed by atoms with Gasteiger partial charge in [0.05, 0.1) is 6.54 Å². The molecule has 2 heterocycles. The molecule has 108 valence electrons. The quantitative estimate of drug-likeness (QED) is 0.799. The highest BCUT2D eigenvalue weighted by molar-refractivity contribution is 4.86. The molecule has 0 amide bonds. The van der Waals surface area contributed by atoms with Crippen molar-refractivity contribution in [2.75, 3.05) is 20.1 Å². The average molecular weight is 266 g/mol. The van der Waals surface area contributed by atoms with Gasteiger partial charge in [0.25, 0.3) is 0 Å². The van der Waals surface area contributed by atoms with Gasteiger partial charge in [0.1, 0.15) is 0 Å². The van der Waals surface area contributed by atoms with E-state index < -0.39 is 0 Å². The van der Waals surface area contributed by atoms with Crippen LogP contribution in [0.2, 0.25) is 0 Å². The third-order valence-electron chi connectivity index (χ3n) is 3.86. The first kappa shape index (κ1) is 14.4. The molecule has 0 saturated carbocycles. The van der Waals surface area contributed by atoms with Crippen LogP contribution < -0.4 is 5.32 Å². The monoisotopic (exact) mass is 266 g/mol. The van der Waals surface area contributed by atoms with Crippen LogP contribution in [0.1, 0.15) is 44.9 Å². The van der Waals surface area contributed by atoms with Crippen LogP contribution >= 0.6 is 0 Å². The second-order valence-electron chi connectivity index (χ2n) is 5.33. The highest BCUT2D eigenvalue weighted by atomic mass is 15.5. The van der Waals surface area contributed by atoms with Crippen LogP contribution in [-0.4, -0.2) is 51.3 Å². The van der Waals surface area contributed by atoms with Gasteiger partial charge in [-0.3, -0.25) is 4.90 Å². The summed E-state index contributed by atoms with van der Waals surface area (Å²) in [6.45, 7) is 6.22. The van der Waals surface area contributed by atoms with Crippen LogP contribution in [0.5, 0.6) is 0 Å².